The van der Waals surface area contributed by atoms with Gasteiger partial charge in [-0.2, -0.15) is 9.78 Å². The summed E-state index contributed by atoms with van der Waals surface area (Å²) in [5, 5.41) is 3.91. The molecule has 0 spiro atoms. The van der Waals surface area contributed by atoms with Crippen LogP contribution < -0.4 is 11.2 Å². The standard InChI is InChI=1S/C21H18F2N4O4/c22-15-6-2-1-5-14(15)13-26-20(29)18(19(28)25-9-11-31-12-10-25)24-27(21(26)30)17-8-4-3-7-16(17)23/h1-8H,9-13H2. The van der Waals surface area contributed by atoms with Crippen LogP contribution in [0.3, 0.4) is 0 Å². The monoisotopic (exact) mass is 428 g/mol. The van der Waals surface area contributed by atoms with Crippen molar-refractivity contribution < 1.29 is 18.3 Å². The first-order valence-corrected chi connectivity index (χ1v) is 9.57. The summed E-state index contributed by atoms with van der Waals surface area (Å²) in [7, 11) is 0. The lowest BCUT2D eigenvalue weighted by atomic mass is 10.2. The van der Waals surface area contributed by atoms with E-state index in [2.05, 4.69) is 5.10 Å². The predicted molar refractivity (Wildman–Crippen MR) is 106 cm³/mol. The van der Waals surface area contributed by atoms with Crippen molar-refractivity contribution in [1.29, 1.82) is 0 Å². The van der Waals surface area contributed by atoms with E-state index in [4.69, 9.17) is 4.74 Å². The molecule has 1 amide bonds. The van der Waals surface area contributed by atoms with Crippen LogP contribution in [0, 0.1) is 11.6 Å². The van der Waals surface area contributed by atoms with Crippen molar-refractivity contribution in [3.63, 3.8) is 0 Å². The van der Waals surface area contributed by atoms with Gasteiger partial charge in [-0.1, -0.05) is 30.3 Å². The van der Waals surface area contributed by atoms with Crippen molar-refractivity contribution in [2.24, 2.45) is 0 Å². The molecule has 4 rings (SSSR count). The van der Waals surface area contributed by atoms with Crippen molar-refractivity contribution in [1.82, 2.24) is 19.2 Å². The minimum absolute atomic E-state index is 0.0674. The summed E-state index contributed by atoms with van der Waals surface area (Å²) in [6.07, 6.45) is 0. The Morgan fingerprint density at radius 2 is 1.61 bits per heavy atom. The molecule has 8 nitrogen and oxygen atoms in total. The fourth-order valence-electron chi connectivity index (χ4n) is 3.28. The van der Waals surface area contributed by atoms with Crippen LogP contribution in [0.2, 0.25) is 0 Å². The van der Waals surface area contributed by atoms with Gasteiger partial charge >= 0.3 is 5.69 Å². The Kier molecular flexibility index (Phi) is 5.72. The minimum Gasteiger partial charge on any atom is -0.378 e. The van der Waals surface area contributed by atoms with Crippen molar-refractivity contribution in [3.05, 3.63) is 92.3 Å². The van der Waals surface area contributed by atoms with Crippen LogP contribution >= 0.6 is 0 Å². The van der Waals surface area contributed by atoms with Gasteiger partial charge in [-0.25, -0.2) is 13.6 Å². The summed E-state index contributed by atoms with van der Waals surface area (Å²) in [6.45, 7) is 0.632. The van der Waals surface area contributed by atoms with Crippen molar-refractivity contribution in [2.45, 2.75) is 6.54 Å². The largest absolute Gasteiger partial charge is 0.378 e. The van der Waals surface area contributed by atoms with Crippen LogP contribution in [0.4, 0.5) is 8.78 Å². The third kappa shape index (κ3) is 4.02. The Labute approximate surface area is 174 Å². The highest BCUT2D eigenvalue weighted by Crippen LogP contribution is 2.11. The first-order valence-electron chi connectivity index (χ1n) is 9.57. The second-order valence-corrected chi connectivity index (χ2v) is 6.88. The number of nitrogens with zero attached hydrogens (tertiary/aromatic N) is 4. The van der Waals surface area contributed by atoms with Gasteiger partial charge in [0.2, 0.25) is 5.69 Å². The molecule has 0 aliphatic carbocycles. The molecule has 0 radical (unpaired) electrons. The third-order valence-corrected chi connectivity index (χ3v) is 4.93. The highest BCUT2D eigenvalue weighted by molar-refractivity contribution is 5.91. The molecule has 1 aromatic heterocycles. The van der Waals surface area contributed by atoms with Gasteiger partial charge in [0.1, 0.15) is 17.3 Å². The summed E-state index contributed by atoms with van der Waals surface area (Å²) in [5.41, 5.74) is -2.68. The molecular formula is C21H18F2N4O4. The SMILES string of the molecule is O=C(c1nn(-c2ccccc2F)c(=O)n(Cc2ccccc2F)c1=O)N1CCOCC1. The van der Waals surface area contributed by atoms with Crippen LogP contribution in [0.5, 0.6) is 0 Å². The molecule has 0 atom stereocenters. The number of para-hydroxylation sites is 1. The normalized spacial score (nSPS) is 13.9. The summed E-state index contributed by atoms with van der Waals surface area (Å²) >= 11 is 0. The van der Waals surface area contributed by atoms with Crippen molar-refractivity contribution >= 4 is 5.91 Å². The average Bonchev–Trinajstić information content (AvgIpc) is 2.79. The predicted octanol–water partition coefficient (Wildman–Crippen LogP) is 1.19. The summed E-state index contributed by atoms with van der Waals surface area (Å²) in [6, 6.07) is 11.0. The number of halogens is 2. The first-order chi connectivity index (χ1) is 15.0. The maximum absolute atomic E-state index is 14.4. The number of carbonyl (C=O) groups is 1. The number of benzene rings is 2. The van der Waals surface area contributed by atoms with Crippen LogP contribution in [-0.2, 0) is 11.3 Å². The summed E-state index contributed by atoms with van der Waals surface area (Å²) in [4.78, 5) is 40.4. The smallest absolute Gasteiger partial charge is 0.352 e. The second kappa shape index (κ2) is 8.60. The Bertz CT molecular complexity index is 1250. The average molecular weight is 428 g/mol. The molecule has 1 aliphatic heterocycles. The number of amides is 1. The van der Waals surface area contributed by atoms with E-state index >= 15 is 0 Å². The molecule has 31 heavy (non-hydrogen) atoms. The Hall–Kier alpha value is -3.66. The Morgan fingerprint density at radius 1 is 0.968 bits per heavy atom. The summed E-state index contributed by atoms with van der Waals surface area (Å²) in [5.74, 6) is -2.09. The Balaban J connectivity index is 1.91. The van der Waals surface area contributed by atoms with E-state index < -0.39 is 41.0 Å². The fourth-order valence-corrected chi connectivity index (χ4v) is 3.28. The van der Waals surface area contributed by atoms with Crippen LogP contribution in [0.1, 0.15) is 16.1 Å². The fraction of sp³-hybridized carbons (Fsp3) is 0.238. The number of rotatable bonds is 4. The molecule has 10 heteroatoms. The van der Waals surface area contributed by atoms with Gasteiger partial charge in [0, 0.05) is 18.7 Å². The van der Waals surface area contributed by atoms with E-state index in [9.17, 15) is 23.2 Å². The molecule has 0 unspecified atom stereocenters. The zero-order valence-electron chi connectivity index (χ0n) is 16.3. The number of ether oxygens (including phenoxy) is 1. The molecule has 3 aromatic rings. The molecule has 0 N–H and O–H groups in total. The molecule has 0 saturated carbocycles. The lowest BCUT2D eigenvalue weighted by molar-refractivity contribution is 0.0295. The van der Waals surface area contributed by atoms with Gasteiger partial charge in [0.05, 0.1) is 19.8 Å². The van der Waals surface area contributed by atoms with Crippen LogP contribution in [0.15, 0.2) is 58.1 Å². The van der Waals surface area contributed by atoms with Gasteiger partial charge < -0.3 is 9.64 Å². The molecule has 0 bridgehead atoms. The van der Waals surface area contributed by atoms with Crippen LogP contribution in [0.25, 0.3) is 5.69 Å². The third-order valence-electron chi connectivity index (χ3n) is 4.93. The van der Waals surface area contributed by atoms with Crippen LogP contribution in [-0.4, -0.2) is 51.5 Å². The van der Waals surface area contributed by atoms with Gasteiger partial charge in [0.25, 0.3) is 11.5 Å². The zero-order valence-corrected chi connectivity index (χ0v) is 16.3. The highest BCUT2D eigenvalue weighted by atomic mass is 19.1. The lowest BCUT2D eigenvalue weighted by Crippen LogP contribution is -2.49. The zero-order chi connectivity index (χ0) is 22.0. The van der Waals surface area contributed by atoms with Crippen molar-refractivity contribution in [3.8, 4) is 5.69 Å². The molecule has 1 fully saturated rings. The van der Waals surface area contributed by atoms with E-state index in [1.54, 1.807) is 6.07 Å². The van der Waals surface area contributed by atoms with Gasteiger partial charge in [-0.15, -0.1) is 0 Å². The van der Waals surface area contributed by atoms with E-state index in [0.29, 0.717) is 22.5 Å². The number of hydrogen-bond acceptors (Lipinski definition) is 5. The van der Waals surface area contributed by atoms with Gasteiger partial charge in [0.15, 0.2) is 0 Å². The number of aromatic nitrogens is 3. The maximum atomic E-state index is 14.4. The Morgan fingerprint density at radius 3 is 2.29 bits per heavy atom. The molecular weight excluding hydrogens is 410 g/mol. The van der Waals surface area contributed by atoms with Gasteiger partial charge in [-0.05, 0) is 18.2 Å². The van der Waals surface area contributed by atoms with E-state index in [-0.39, 0.29) is 24.3 Å². The number of hydrogen-bond donors (Lipinski definition) is 0. The minimum atomic E-state index is -0.989. The van der Waals surface area contributed by atoms with E-state index in [1.165, 1.54) is 41.3 Å². The van der Waals surface area contributed by atoms with Gasteiger partial charge in [-0.3, -0.25) is 14.2 Å². The highest BCUT2D eigenvalue weighted by Gasteiger charge is 2.27. The second-order valence-electron chi connectivity index (χ2n) is 6.88. The molecule has 2 aromatic carbocycles. The molecule has 160 valence electrons. The quantitative estimate of drug-likeness (QED) is 0.623. The molecule has 1 aliphatic rings. The first kappa shape index (κ1) is 20.6. The number of morpholine rings is 1. The maximum Gasteiger partial charge on any atom is 0.352 e. The van der Waals surface area contributed by atoms with E-state index in [0.717, 1.165) is 6.07 Å². The summed E-state index contributed by atoms with van der Waals surface area (Å²) < 4.78 is 35.2. The number of carbonyl (C=O) groups excluding carboxylic acids is 1. The van der Waals surface area contributed by atoms with E-state index in [1.807, 2.05) is 0 Å². The lowest BCUT2D eigenvalue weighted by Gasteiger charge is -2.26. The molecule has 2 heterocycles. The molecule has 1 saturated heterocycles. The topological polar surface area (TPSA) is 86.4 Å². The van der Waals surface area contributed by atoms with Crippen molar-refractivity contribution in [2.75, 3.05) is 26.3 Å².